The lowest BCUT2D eigenvalue weighted by atomic mass is 10.0. The van der Waals surface area contributed by atoms with Gasteiger partial charge in [-0.3, -0.25) is 9.78 Å². The zero-order valence-electron chi connectivity index (χ0n) is 13.0. The highest BCUT2D eigenvalue weighted by molar-refractivity contribution is 5.99. The molecule has 0 amide bonds. The van der Waals surface area contributed by atoms with E-state index in [0.717, 1.165) is 40.6 Å². The summed E-state index contributed by atoms with van der Waals surface area (Å²) in [7, 11) is 0. The number of nitrogens with two attached hydrogens (primary N) is 1. The van der Waals surface area contributed by atoms with Crippen LogP contribution in [0, 0.1) is 0 Å². The highest BCUT2D eigenvalue weighted by Crippen LogP contribution is 2.21. The van der Waals surface area contributed by atoms with Gasteiger partial charge in [-0.1, -0.05) is 54.6 Å². The number of carbonyl (C=O) groups excluding carboxylic acids is 1. The summed E-state index contributed by atoms with van der Waals surface area (Å²) in [6.07, 6.45) is 2.06. The molecule has 2 aromatic carbocycles. The Balaban J connectivity index is 1.96. The van der Waals surface area contributed by atoms with Crippen LogP contribution in [0.1, 0.15) is 28.2 Å². The molecular weight excluding hydrogens is 284 g/mol. The maximum atomic E-state index is 12.5. The van der Waals surface area contributed by atoms with Crippen LogP contribution < -0.4 is 5.73 Å². The number of rotatable bonds is 6. The molecule has 0 aliphatic heterocycles. The summed E-state index contributed by atoms with van der Waals surface area (Å²) >= 11 is 0. The molecule has 2 N–H and O–H groups in total. The van der Waals surface area contributed by atoms with Crippen molar-refractivity contribution in [3.05, 3.63) is 77.6 Å². The third kappa shape index (κ3) is 3.63. The van der Waals surface area contributed by atoms with Crippen LogP contribution in [0.4, 0.5) is 0 Å². The van der Waals surface area contributed by atoms with E-state index in [9.17, 15) is 4.79 Å². The number of hydrogen-bond acceptors (Lipinski definition) is 3. The van der Waals surface area contributed by atoms with Crippen molar-refractivity contribution >= 4 is 16.6 Å². The zero-order chi connectivity index (χ0) is 16.1. The summed E-state index contributed by atoms with van der Waals surface area (Å²) in [5, 5.41) is 2.18. The first-order chi connectivity index (χ1) is 11.3. The van der Waals surface area contributed by atoms with Crippen molar-refractivity contribution in [3.63, 3.8) is 0 Å². The fourth-order valence-corrected chi connectivity index (χ4v) is 2.76. The predicted molar refractivity (Wildman–Crippen MR) is 93.6 cm³/mol. The van der Waals surface area contributed by atoms with E-state index in [0.29, 0.717) is 13.0 Å². The predicted octanol–water partition coefficient (Wildman–Crippen LogP) is 3.55. The van der Waals surface area contributed by atoms with E-state index in [-0.39, 0.29) is 5.78 Å². The summed E-state index contributed by atoms with van der Waals surface area (Å²) in [5.74, 6) is 0.0965. The minimum Gasteiger partial charge on any atom is -0.330 e. The lowest BCUT2D eigenvalue weighted by Gasteiger charge is -2.09. The van der Waals surface area contributed by atoms with Crippen LogP contribution in [0.15, 0.2) is 60.7 Å². The molecule has 0 aliphatic carbocycles. The van der Waals surface area contributed by atoms with Crippen LogP contribution in [0.2, 0.25) is 0 Å². The maximum Gasteiger partial charge on any atom is 0.168 e. The summed E-state index contributed by atoms with van der Waals surface area (Å²) in [6, 6.07) is 19.6. The van der Waals surface area contributed by atoms with Crippen molar-refractivity contribution in [1.29, 1.82) is 0 Å². The van der Waals surface area contributed by atoms with Gasteiger partial charge in [0.15, 0.2) is 5.78 Å². The van der Waals surface area contributed by atoms with E-state index in [2.05, 4.69) is 12.1 Å². The molecule has 1 aromatic heterocycles. The highest BCUT2D eigenvalue weighted by atomic mass is 16.1. The average Bonchev–Trinajstić information content (AvgIpc) is 2.60. The van der Waals surface area contributed by atoms with Crippen molar-refractivity contribution in [2.75, 3.05) is 6.54 Å². The molecule has 0 radical (unpaired) electrons. The summed E-state index contributed by atoms with van der Waals surface area (Å²) in [4.78, 5) is 17.3. The smallest absolute Gasteiger partial charge is 0.168 e. The third-order valence-electron chi connectivity index (χ3n) is 3.93. The Kier molecular flexibility index (Phi) is 4.79. The molecule has 3 heteroatoms. The van der Waals surface area contributed by atoms with E-state index < -0.39 is 0 Å². The van der Waals surface area contributed by atoms with Crippen molar-refractivity contribution in [2.45, 2.75) is 19.3 Å². The van der Waals surface area contributed by atoms with Gasteiger partial charge in [0.25, 0.3) is 0 Å². The van der Waals surface area contributed by atoms with E-state index in [1.807, 2.05) is 48.5 Å². The number of aromatic nitrogens is 1. The molecule has 0 atom stereocenters. The van der Waals surface area contributed by atoms with Crippen LogP contribution in [-0.2, 0) is 12.8 Å². The van der Waals surface area contributed by atoms with Gasteiger partial charge in [-0.15, -0.1) is 0 Å². The van der Waals surface area contributed by atoms with Gasteiger partial charge < -0.3 is 5.73 Å². The molecule has 0 fully saturated rings. The number of aryl methyl sites for hydroxylation is 1. The van der Waals surface area contributed by atoms with Gasteiger partial charge in [-0.05, 0) is 30.8 Å². The standard InChI is InChI=1S/C20H20N2O/c21-12-6-10-17-13-16-9-4-5-11-18(16)19(22-17)14-20(23)15-7-2-1-3-8-15/h1-5,7-9,11,13H,6,10,12,14,21H2. The second-order valence-electron chi connectivity index (χ2n) is 5.64. The van der Waals surface area contributed by atoms with Crippen LogP contribution in [0.5, 0.6) is 0 Å². The SMILES string of the molecule is NCCCc1cc2ccccc2c(CC(=O)c2ccccc2)n1. The van der Waals surface area contributed by atoms with Crippen molar-refractivity contribution in [3.8, 4) is 0 Å². The Morgan fingerprint density at radius 2 is 1.74 bits per heavy atom. The summed E-state index contributed by atoms with van der Waals surface area (Å²) in [5.41, 5.74) is 8.18. The van der Waals surface area contributed by atoms with E-state index in [1.54, 1.807) is 0 Å². The number of pyridine rings is 1. The number of fused-ring (bicyclic) bond motifs is 1. The van der Waals surface area contributed by atoms with E-state index >= 15 is 0 Å². The number of carbonyl (C=O) groups is 1. The third-order valence-corrected chi connectivity index (χ3v) is 3.93. The molecule has 3 aromatic rings. The van der Waals surface area contributed by atoms with Gasteiger partial charge in [-0.2, -0.15) is 0 Å². The lowest BCUT2D eigenvalue weighted by molar-refractivity contribution is 0.0992. The fourth-order valence-electron chi connectivity index (χ4n) is 2.76. The second kappa shape index (κ2) is 7.16. The highest BCUT2D eigenvalue weighted by Gasteiger charge is 2.12. The van der Waals surface area contributed by atoms with Crippen LogP contribution in [-0.4, -0.2) is 17.3 Å². The Hall–Kier alpha value is -2.52. The zero-order valence-corrected chi connectivity index (χ0v) is 13.0. The molecule has 0 bridgehead atoms. The van der Waals surface area contributed by atoms with Gasteiger partial charge in [0.1, 0.15) is 0 Å². The van der Waals surface area contributed by atoms with Gasteiger partial charge in [-0.25, -0.2) is 0 Å². The number of nitrogens with zero attached hydrogens (tertiary/aromatic N) is 1. The van der Waals surface area contributed by atoms with Crippen LogP contribution in [0.3, 0.4) is 0 Å². The summed E-state index contributed by atoms with van der Waals surface area (Å²) < 4.78 is 0. The monoisotopic (exact) mass is 304 g/mol. The summed E-state index contributed by atoms with van der Waals surface area (Å²) in [6.45, 7) is 0.646. The molecule has 23 heavy (non-hydrogen) atoms. The molecular formula is C20H20N2O. The van der Waals surface area contributed by atoms with Gasteiger partial charge >= 0.3 is 0 Å². The van der Waals surface area contributed by atoms with E-state index in [4.69, 9.17) is 10.7 Å². The largest absolute Gasteiger partial charge is 0.330 e. The molecule has 116 valence electrons. The topological polar surface area (TPSA) is 56.0 Å². The minimum absolute atomic E-state index is 0.0965. The number of benzene rings is 2. The maximum absolute atomic E-state index is 12.5. The Morgan fingerprint density at radius 1 is 1.00 bits per heavy atom. The Bertz CT molecular complexity index is 812. The first kappa shape index (κ1) is 15.4. The van der Waals surface area contributed by atoms with Crippen LogP contribution in [0.25, 0.3) is 10.8 Å². The minimum atomic E-state index is 0.0965. The molecule has 0 saturated heterocycles. The van der Waals surface area contributed by atoms with Gasteiger partial charge in [0.05, 0.1) is 12.1 Å². The molecule has 0 spiro atoms. The second-order valence-corrected chi connectivity index (χ2v) is 5.64. The normalized spacial score (nSPS) is 10.8. The molecule has 0 saturated carbocycles. The molecule has 0 aliphatic rings. The number of Topliss-reactive ketones (excluding diaryl/α,β-unsaturated/α-hetero) is 1. The lowest BCUT2D eigenvalue weighted by Crippen LogP contribution is -2.08. The van der Waals surface area contributed by atoms with Crippen molar-refractivity contribution < 1.29 is 4.79 Å². The first-order valence-corrected chi connectivity index (χ1v) is 7.94. The fraction of sp³-hybridized carbons (Fsp3) is 0.200. The molecule has 1 heterocycles. The average molecular weight is 304 g/mol. The number of ketones is 1. The Morgan fingerprint density at radius 3 is 2.52 bits per heavy atom. The molecule has 3 nitrogen and oxygen atoms in total. The molecule has 3 rings (SSSR count). The number of hydrogen-bond donors (Lipinski definition) is 1. The Labute approximate surface area is 136 Å². The van der Waals surface area contributed by atoms with Crippen molar-refractivity contribution in [1.82, 2.24) is 4.98 Å². The van der Waals surface area contributed by atoms with Crippen LogP contribution >= 0.6 is 0 Å². The van der Waals surface area contributed by atoms with E-state index in [1.165, 1.54) is 0 Å². The van der Waals surface area contributed by atoms with Crippen molar-refractivity contribution in [2.24, 2.45) is 5.73 Å². The van der Waals surface area contributed by atoms with Gasteiger partial charge in [0, 0.05) is 16.6 Å². The quantitative estimate of drug-likeness (QED) is 0.709. The van der Waals surface area contributed by atoms with Gasteiger partial charge in [0.2, 0.25) is 0 Å². The first-order valence-electron chi connectivity index (χ1n) is 7.94. The molecule has 0 unspecified atom stereocenters.